The van der Waals surface area contributed by atoms with Gasteiger partial charge in [0.25, 0.3) is 5.91 Å². The van der Waals surface area contributed by atoms with Crippen LogP contribution in [0.1, 0.15) is 35.2 Å². The van der Waals surface area contributed by atoms with Crippen molar-refractivity contribution < 1.29 is 4.79 Å². The van der Waals surface area contributed by atoms with Crippen molar-refractivity contribution in [2.45, 2.75) is 25.7 Å². The van der Waals surface area contributed by atoms with E-state index in [0.29, 0.717) is 0 Å². The Labute approximate surface area is 108 Å². The van der Waals surface area contributed by atoms with Crippen molar-refractivity contribution in [3.8, 4) is 0 Å². The lowest BCUT2D eigenvalue weighted by molar-refractivity contribution is 0.0724. The average Bonchev–Trinajstić information content (AvgIpc) is 2.80. The molecule has 0 unspecified atom stereocenters. The fourth-order valence-corrected chi connectivity index (χ4v) is 2.98. The second-order valence-electron chi connectivity index (χ2n) is 5.37. The fraction of sp³-hybridized carbons (Fsp3) is 0.533. The van der Waals surface area contributed by atoms with Crippen LogP contribution in [0.25, 0.3) is 0 Å². The number of amides is 1. The Morgan fingerprint density at radius 3 is 2.67 bits per heavy atom. The van der Waals surface area contributed by atoms with Crippen molar-refractivity contribution in [1.82, 2.24) is 4.90 Å². The third kappa shape index (κ3) is 1.98. The summed E-state index contributed by atoms with van der Waals surface area (Å²) in [6.45, 7) is 2.92. The molecule has 96 valence electrons. The van der Waals surface area contributed by atoms with Crippen LogP contribution in [-0.2, 0) is 6.42 Å². The lowest BCUT2D eigenvalue weighted by Crippen LogP contribution is -2.35. The maximum atomic E-state index is 12.4. The van der Waals surface area contributed by atoms with Gasteiger partial charge in [-0.2, -0.15) is 0 Å². The minimum absolute atomic E-state index is 0.215. The molecular weight excluding hydrogens is 224 g/mol. The Morgan fingerprint density at radius 1 is 1.11 bits per heavy atom. The summed E-state index contributed by atoms with van der Waals surface area (Å²) in [5.41, 5.74) is 3.47. The molecule has 2 aliphatic rings. The fourth-order valence-electron chi connectivity index (χ4n) is 2.98. The van der Waals surface area contributed by atoms with Crippen LogP contribution < -0.4 is 4.90 Å². The first-order valence-corrected chi connectivity index (χ1v) is 6.89. The summed E-state index contributed by atoms with van der Waals surface area (Å²) in [5.74, 6) is 0.215. The zero-order valence-corrected chi connectivity index (χ0v) is 11.0. The van der Waals surface area contributed by atoms with Gasteiger partial charge < -0.3 is 9.80 Å². The van der Waals surface area contributed by atoms with Gasteiger partial charge in [0, 0.05) is 37.9 Å². The Morgan fingerprint density at radius 2 is 1.89 bits per heavy atom. The van der Waals surface area contributed by atoms with Crippen LogP contribution in [0.4, 0.5) is 5.69 Å². The molecule has 1 amide bonds. The van der Waals surface area contributed by atoms with Gasteiger partial charge >= 0.3 is 0 Å². The highest BCUT2D eigenvalue weighted by molar-refractivity contribution is 5.95. The smallest absolute Gasteiger partial charge is 0.253 e. The highest BCUT2D eigenvalue weighted by atomic mass is 16.2. The minimum atomic E-state index is 0.215. The van der Waals surface area contributed by atoms with E-state index in [1.165, 1.54) is 17.7 Å². The van der Waals surface area contributed by atoms with E-state index in [1.807, 2.05) is 11.0 Å². The van der Waals surface area contributed by atoms with E-state index in [-0.39, 0.29) is 5.91 Å². The van der Waals surface area contributed by atoms with Crippen LogP contribution in [0.3, 0.4) is 0 Å². The number of piperidine rings is 1. The standard InChI is InChI=1S/C15H20N2O/c1-16-10-7-12-11-13(5-6-14(12)16)15(18)17-8-3-2-4-9-17/h5-6,11H,2-4,7-10H2,1H3. The lowest BCUT2D eigenvalue weighted by atomic mass is 10.1. The van der Waals surface area contributed by atoms with E-state index in [2.05, 4.69) is 24.1 Å². The number of carbonyl (C=O) groups is 1. The number of carbonyl (C=O) groups excluding carboxylic acids is 1. The molecule has 0 aromatic heterocycles. The van der Waals surface area contributed by atoms with Gasteiger partial charge in [0.05, 0.1) is 0 Å². The second kappa shape index (κ2) is 4.63. The Balaban J connectivity index is 1.82. The largest absolute Gasteiger partial charge is 0.374 e. The van der Waals surface area contributed by atoms with Crippen LogP contribution in [-0.4, -0.2) is 37.5 Å². The van der Waals surface area contributed by atoms with Gasteiger partial charge in [-0.1, -0.05) is 0 Å². The molecule has 0 N–H and O–H groups in total. The van der Waals surface area contributed by atoms with E-state index >= 15 is 0 Å². The normalized spacial score (nSPS) is 18.9. The summed E-state index contributed by atoms with van der Waals surface area (Å²) in [5, 5.41) is 0. The molecule has 1 saturated heterocycles. The molecular formula is C15H20N2O. The van der Waals surface area contributed by atoms with Crippen molar-refractivity contribution in [3.63, 3.8) is 0 Å². The number of nitrogens with zero attached hydrogens (tertiary/aromatic N) is 2. The van der Waals surface area contributed by atoms with E-state index < -0.39 is 0 Å². The van der Waals surface area contributed by atoms with E-state index in [4.69, 9.17) is 0 Å². The van der Waals surface area contributed by atoms with E-state index in [1.54, 1.807) is 0 Å². The predicted octanol–water partition coefficient (Wildman–Crippen LogP) is 2.31. The van der Waals surface area contributed by atoms with Gasteiger partial charge in [0.2, 0.25) is 0 Å². The molecule has 1 fully saturated rings. The van der Waals surface area contributed by atoms with Gasteiger partial charge in [0.15, 0.2) is 0 Å². The van der Waals surface area contributed by atoms with Crippen LogP contribution >= 0.6 is 0 Å². The summed E-state index contributed by atoms with van der Waals surface area (Å²) in [6, 6.07) is 6.17. The van der Waals surface area contributed by atoms with Crippen molar-refractivity contribution in [2.75, 3.05) is 31.6 Å². The zero-order valence-electron chi connectivity index (χ0n) is 11.0. The number of likely N-dealkylation sites (N-methyl/N-ethyl adjacent to an activating group) is 1. The number of likely N-dealkylation sites (tertiary alicyclic amines) is 1. The molecule has 3 rings (SSSR count). The van der Waals surface area contributed by atoms with Gasteiger partial charge in [-0.05, 0) is 49.4 Å². The molecule has 0 atom stereocenters. The number of anilines is 1. The zero-order chi connectivity index (χ0) is 12.5. The monoisotopic (exact) mass is 244 g/mol. The maximum Gasteiger partial charge on any atom is 0.253 e. The maximum absolute atomic E-state index is 12.4. The van der Waals surface area contributed by atoms with Gasteiger partial charge in [-0.3, -0.25) is 4.79 Å². The molecule has 2 aliphatic heterocycles. The summed E-state index contributed by atoms with van der Waals surface area (Å²) >= 11 is 0. The summed E-state index contributed by atoms with van der Waals surface area (Å²) in [7, 11) is 2.11. The van der Waals surface area contributed by atoms with Crippen LogP contribution in [0.15, 0.2) is 18.2 Å². The summed E-state index contributed by atoms with van der Waals surface area (Å²) in [4.78, 5) is 16.7. The Bertz CT molecular complexity index is 464. The topological polar surface area (TPSA) is 23.6 Å². The van der Waals surface area contributed by atoms with Crippen molar-refractivity contribution in [2.24, 2.45) is 0 Å². The molecule has 18 heavy (non-hydrogen) atoms. The van der Waals surface area contributed by atoms with Crippen molar-refractivity contribution in [3.05, 3.63) is 29.3 Å². The van der Waals surface area contributed by atoms with Gasteiger partial charge in [0.1, 0.15) is 0 Å². The van der Waals surface area contributed by atoms with Crippen molar-refractivity contribution >= 4 is 11.6 Å². The molecule has 0 aliphatic carbocycles. The Hall–Kier alpha value is -1.51. The third-order valence-corrected chi connectivity index (χ3v) is 4.10. The first-order valence-electron chi connectivity index (χ1n) is 6.89. The molecule has 1 aromatic carbocycles. The molecule has 0 saturated carbocycles. The number of rotatable bonds is 1. The number of fused-ring (bicyclic) bond motifs is 1. The molecule has 0 bridgehead atoms. The molecule has 2 heterocycles. The van der Waals surface area contributed by atoms with Crippen LogP contribution in [0, 0.1) is 0 Å². The third-order valence-electron chi connectivity index (χ3n) is 4.10. The molecule has 1 aromatic rings. The van der Waals surface area contributed by atoms with Crippen LogP contribution in [0.2, 0.25) is 0 Å². The van der Waals surface area contributed by atoms with E-state index in [9.17, 15) is 4.79 Å². The minimum Gasteiger partial charge on any atom is -0.374 e. The van der Waals surface area contributed by atoms with Crippen LogP contribution in [0.5, 0.6) is 0 Å². The highest BCUT2D eigenvalue weighted by Gasteiger charge is 2.21. The average molecular weight is 244 g/mol. The number of hydrogen-bond acceptors (Lipinski definition) is 2. The quantitative estimate of drug-likeness (QED) is 0.757. The molecule has 3 heteroatoms. The number of hydrogen-bond donors (Lipinski definition) is 0. The highest BCUT2D eigenvalue weighted by Crippen LogP contribution is 2.28. The first kappa shape index (κ1) is 11.6. The molecule has 0 spiro atoms. The van der Waals surface area contributed by atoms with Crippen molar-refractivity contribution in [1.29, 1.82) is 0 Å². The SMILES string of the molecule is CN1CCc2cc(C(=O)N3CCCCC3)ccc21. The summed E-state index contributed by atoms with van der Waals surface area (Å²) in [6.07, 6.45) is 4.63. The molecule has 0 radical (unpaired) electrons. The lowest BCUT2D eigenvalue weighted by Gasteiger charge is -2.27. The second-order valence-corrected chi connectivity index (χ2v) is 5.37. The van der Waals surface area contributed by atoms with Gasteiger partial charge in [-0.25, -0.2) is 0 Å². The predicted molar refractivity (Wildman–Crippen MR) is 73.2 cm³/mol. The molecule has 3 nitrogen and oxygen atoms in total. The van der Waals surface area contributed by atoms with Gasteiger partial charge in [-0.15, -0.1) is 0 Å². The Kier molecular flexibility index (Phi) is 2.98. The van der Waals surface area contributed by atoms with E-state index in [0.717, 1.165) is 44.5 Å². The first-order chi connectivity index (χ1) is 8.75. The summed E-state index contributed by atoms with van der Waals surface area (Å²) < 4.78 is 0. The number of benzene rings is 1.